The van der Waals surface area contributed by atoms with Gasteiger partial charge in [0.25, 0.3) is 0 Å². The monoisotopic (exact) mass is 409 g/mol. The van der Waals surface area contributed by atoms with Gasteiger partial charge in [0.05, 0.1) is 11.3 Å². The number of carbonyl (C=O) groups excluding carboxylic acids is 1. The molecule has 0 bridgehead atoms. The van der Waals surface area contributed by atoms with E-state index in [2.05, 4.69) is 19.0 Å². The Morgan fingerprint density at radius 3 is 2.60 bits per heavy atom. The Morgan fingerprint density at radius 2 is 1.83 bits per heavy atom. The lowest BCUT2D eigenvalue weighted by atomic mass is 9.45. The smallest absolute Gasteiger partial charge is 0.338 e. The molecule has 4 fully saturated rings. The zero-order chi connectivity index (χ0) is 20.9. The van der Waals surface area contributed by atoms with Crippen LogP contribution < -0.4 is 0 Å². The average Bonchev–Trinajstić information content (AvgIpc) is 3.11. The van der Waals surface area contributed by atoms with Gasteiger partial charge in [-0.2, -0.15) is 0 Å². The Bertz CT molecular complexity index is 836. The summed E-state index contributed by atoms with van der Waals surface area (Å²) in [7, 11) is 0. The molecule has 4 heteroatoms. The van der Waals surface area contributed by atoms with Crippen molar-refractivity contribution in [3.63, 3.8) is 0 Å². The number of nitrogens with zero attached hydrogens (tertiary/aromatic N) is 1. The van der Waals surface area contributed by atoms with Crippen LogP contribution in [0, 0.1) is 34.5 Å². The molecule has 1 N–H and O–H groups in total. The van der Waals surface area contributed by atoms with E-state index in [0.717, 1.165) is 49.7 Å². The fraction of sp³-hybridized carbons (Fsp3) is 0.692. The Hall–Kier alpha value is -1.84. The molecule has 162 valence electrons. The van der Waals surface area contributed by atoms with Crippen molar-refractivity contribution < 1.29 is 14.7 Å². The molecule has 0 aliphatic heterocycles. The standard InChI is InChI=1S/C26H35NO3/c1-25-14-12-19(30-24(28)17-6-4-3-5-7-17)16-18(25)8-9-20-21-10-11-23(27-29)26(21,2)15-13-22(20)25/h3-7,18-22,29H,8-16H2,1-2H3/b27-23-/t18-,19+,20+,21+,22+,25+,26+/m1/s1. The van der Waals surface area contributed by atoms with Gasteiger partial charge in [-0.15, -0.1) is 0 Å². The number of oxime groups is 1. The quantitative estimate of drug-likeness (QED) is 0.365. The predicted octanol–water partition coefficient (Wildman–Crippen LogP) is 6.08. The summed E-state index contributed by atoms with van der Waals surface area (Å²) in [6.45, 7) is 4.88. The van der Waals surface area contributed by atoms with Gasteiger partial charge in [-0.3, -0.25) is 0 Å². The molecule has 0 heterocycles. The number of fused-ring (bicyclic) bond motifs is 5. The van der Waals surface area contributed by atoms with Crippen molar-refractivity contribution in [2.75, 3.05) is 0 Å². The van der Waals surface area contributed by atoms with E-state index in [1.165, 1.54) is 25.7 Å². The highest BCUT2D eigenvalue weighted by Crippen LogP contribution is 2.65. The summed E-state index contributed by atoms with van der Waals surface area (Å²) >= 11 is 0. The number of carbonyl (C=O) groups is 1. The third-order valence-electron chi connectivity index (χ3n) is 9.76. The molecule has 4 aliphatic carbocycles. The van der Waals surface area contributed by atoms with Crippen LogP contribution in [-0.2, 0) is 4.74 Å². The predicted molar refractivity (Wildman–Crippen MR) is 117 cm³/mol. The minimum absolute atomic E-state index is 0.0563. The first kappa shape index (κ1) is 20.1. The first-order chi connectivity index (χ1) is 14.5. The maximum atomic E-state index is 12.5. The molecule has 0 radical (unpaired) electrons. The maximum Gasteiger partial charge on any atom is 0.338 e. The molecule has 1 aromatic carbocycles. The van der Waals surface area contributed by atoms with Crippen molar-refractivity contribution in [3.05, 3.63) is 35.9 Å². The average molecular weight is 410 g/mol. The Balaban J connectivity index is 1.29. The molecule has 4 aliphatic rings. The molecule has 0 amide bonds. The lowest BCUT2D eigenvalue weighted by Crippen LogP contribution is -2.54. The Kier molecular flexibility index (Phi) is 4.95. The Morgan fingerprint density at radius 1 is 1.03 bits per heavy atom. The van der Waals surface area contributed by atoms with Crippen molar-refractivity contribution in [2.45, 2.75) is 77.7 Å². The zero-order valence-electron chi connectivity index (χ0n) is 18.3. The van der Waals surface area contributed by atoms with Crippen LogP contribution in [-0.4, -0.2) is 23.0 Å². The third kappa shape index (κ3) is 3.01. The highest BCUT2D eigenvalue weighted by Gasteiger charge is 2.59. The molecule has 7 atom stereocenters. The first-order valence-electron chi connectivity index (χ1n) is 11.9. The molecule has 5 rings (SSSR count). The molecular weight excluding hydrogens is 374 g/mol. The van der Waals surface area contributed by atoms with E-state index >= 15 is 0 Å². The number of ether oxygens (including phenoxy) is 1. The topological polar surface area (TPSA) is 58.9 Å². The number of rotatable bonds is 2. The second-order valence-corrected chi connectivity index (χ2v) is 10.9. The SMILES string of the molecule is C[C@]12CC[C@H](OC(=O)c3ccccc3)C[C@H]1CC[C@@H]1[C@@H]2CC[C@]2(C)/C(=N\O)CC[C@@H]12. The number of hydrogen-bond donors (Lipinski definition) is 1. The zero-order valence-corrected chi connectivity index (χ0v) is 18.3. The van der Waals surface area contributed by atoms with Gasteiger partial charge < -0.3 is 9.94 Å². The number of benzene rings is 1. The number of hydrogen-bond acceptors (Lipinski definition) is 4. The van der Waals surface area contributed by atoms with Gasteiger partial charge in [0.15, 0.2) is 0 Å². The molecule has 0 spiro atoms. The summed E-state index contributed by atoms with van der Waals surface area (Å²) in [6.07, 6.45) is 10.3. The summed E-state index contributed by atoms with van der Waals surface area (Å²) in [4.78, 5) is 12.5. The fourth-order valence-corrected chi connectivity index (χ4v) is 8.07. The van der Waals surface area contributed by atoms with Crippen LogP contribution >= 0.6 is 0 Å². The van der Waals surface area contributed by atoms with Crippen molar-refractivity contribution >= 4 is 11.7 Å². The molecule has 0 aromatic heterocycles. The van der Waals surface area contributed by atoms with Crippen molar-refractivity contribution in [3.8, 4) is 0 Å². The van der Waals surface area contributed by atoms with Gasteiger partial charge in [0, 0.05) is 5.41 Å². The van der Waals surface area contributed by atoms with E-state index in [-0.39, 0.29) is 17.5 Å². The van der Waals surface area contributed by atoms with Crippen LogP contribution in [0.25, 0.3) is 0 Å². The molecule has 4 nitrogen and oxygen atoms in total. The van der Waals surface area contributed by atoms with Gasteiger partial charge in [0.2, 0.25) is 0 Å². The normalized spacial score (nSPS) is 44.1. The van der Waals surface area contributed by atoms with E-state index in [0.29, 0.717) is 22.8 Å². The summed E-state index contributed by atoms with van der Waals surface area (Å²) < 4.78 is 5.94. The van der Waals surface area contributed by atoms with Crippen LogP contribution in [0.2, 0.25) is 0 Å². The summed E-state index contributed by atoms with van der Waals surface area (Å²) in [5.74, 6) is 2.67. The highest BCUT2D eigenvalue weighted by molar-refractivity contribution is 5.92. The molecule has 4 saturated carbocycles. The second-order valence-electron chi connectivity index (χ2n) is 10.9. The van der Waals surface area contributed by atoms with E-state index in [1.54, 1.807) is 0 Å². The molecule has 30 heavy (non-hydrogen) atoms. The van der Waals surface area contributed by atoms with Gasteiger partial charge in [-0.05, 0) is 99.0 Å². The molecular formula is C26H35NO3. The first-order valence-corrected chi connectivity index (χ1v) is 11.9. The third-order valence-corrected chi connectivity index (χ3v) is 9.76. The van der Waals surface area contributed by atoms with Crippen LogP contribution in [0.15, 0.2) is 35.5 Å². The summed E-state index contributed by atoms with van der Waals surface area (Å²) in [5.41, 5.74) is 2.18. The molecule has 0 saturated heterocycles. The molecule has 0 unspecified atom stereocenters. The largest absolute Gasteiger partial charge is 0.459 e. The second kappa shape index (κ2) is 7.39. The number of esters is 1. The van der Waals surface area contributed by atoms with Crippen molar-refractivity contribution in [1.29, 1.82) is 0 Å². The van der Waals surface area contributed by atoms with Crippen LogP contribution in [0.3, 0.4) is 0 Å². The minimum atomic E-state index is -0.173. The summed E-state index contributed by atoms with van der Waals surface area (Å²) in [5, 5.41) is 13.2. The van der Waals surface area contributed by atoms with Crippen LogP contribution in [0.5, 0.6) is 0 Å². The van der Waals surface area contributed by atoms with Gasteiger partial charge >= 0.3 is 5.97 Å². The fourth-order valence-electron chi connectivity index (χ4n) is 8.07. The van der Waals surface area contributed by atoms with Gasteiger partial charge in [-0.25, -0.2) is 4.79 Å². The summed E-state index contributed by atoms with van der Waals surface area (Å²) in [6, 6.07) is 9.39. The van der Waals surface area contributed by atoms with E-state index in [4.69, 9.17) is 4.74 Å². The van der Waals surface area contributed by atoms with E-state index in [1.807, 2.05) is 30.3 Å². The van der Waals surface area contributed by atoms with Crippen LogP contribution in [0.4, 0.5) is 0 Å². The minimum Gasteiger partial charge on any atom is -0.459 e. The van der Waals surface area contributed by atoms with E-state index < -0.39 is 0 Å². The highest BCUT2D eigenvalue weighted by atomic mass is 16.5. The lowest BCUT2D eigenvalue weighted by Gasteiger charge is -2.60. The van der Waals surface area contributed by atoms with Gasteiger partial charge in [-0.1, -0.05) is 37.2 Å². The van der Waals surface area contributed by atoms with Crippen molar-refractivity contribution in [1.82, 2.24) is 0 Å². The maximum absolute atomic E-state index is 12.5. The lowest BCUT2D eigenvalue weighted by molar-refractivity contribution is -0.116. The van der Waals surface area contributed by atoms with Crippen molar-refractivity contribution in [2.24, 2.45) is 39.7 Å². The van der Waals surface area contributed by atoms with Gasteiger partial charge in [0.1, 0.15) is 6.10 Å². The van der Waals surface area contributed by atoms with Crippen LogP contribution in [0.1, 0.15) is 82.0 Å². The molecule has 1 aromatic rings. The van der Waals surface area contributed by atoms with E-state index in [9.17, 15) is 10.0 Å². The Labute approximate surface area is 180 Å².